The molecule has 0 saturated heterocycles. The van der Waals surface area contributed by atoms with Gasteiger partial charge in [-0.15, -0.1) is 0 Å². The molecule has 0 aliphatic carbocycles. The molecule has 0 atom stereocenters. The van der Waals surface area contributed by atoms with Crippen molar-refractivity contribution < 1.29 is 14.4 Å². The van der Waals surface area contributed by atoms with E-state index in [4.69, 9.17) is 21.1 Å². The standard InChI is InChI=1S/C13H11ClN2O4/c1-19-10-2-3-11(16(17)18)12(7-10)20-8-9-4-5-15-13(14)6-9/h2-7H,8H2,1H3. The van der Waals surface area contributed by atoms with E-state index < -0.39 is 4.92 Å². The third kappa shape index (κ3) is 3.36. The van der Waals surface area contributed by atoms with Crippen molar-refractivity contribution in [1.29, 1.82) is 0 Å². The molecular weight excluding hydrogens is 284 g/mol. The Morgan fingerprint density at radius 2 is 2.15 bits per heavy atom. The van der Waals surface area contributed by atoms with Crippen LogP contribution < -0.4 is 9.47 Å². The Labute approximate surface area is 120 Å². The highest BCUT2D eigenvalue weighted by Crippen LogP contribution is 2.31. The smallest absolute Gasteiger partial charge is 0.311 e. The van der Waals surface area contributed by atoms with Crippen molar-refractivity contribution >= 4 is 17.3 Å². The van der Waals surface area contributed by atoms with E-state index in [9.17, 15) is 10.1 Å². The number of nitrogens with zero attached hydrogens (tertiary/aromatic N) is 2. The van der Waals surface area contributed by atoms with Crippen LogP contribution in [-0.4, -0.2) is 17.0 Å². The van der Waals surface area contributed by atoms with Crippen LogP contribution >= 0.6 is 11.6 Å². The summed E-state index contributed by atoms with van der Waals surface area (Å²) in [4.78, 5) is 14.3. The van der Waals surface area contributed by atoms with Crippen molar-refractivity contribution in [2.45, 2.75) is 6.61 Å². The van der Waals surface area contributed by atoms with E-state index in [1.165, 1.54) is 25.3 Å². The zero-order valence-corrected chi connectivity index (χ0v) is 11.3. The second-order valence-electron chi connectivity index (χ2n) is 3.87. The monoisotopic (exact) mass is 294 g/mol. The molecule has 0 bridgehead atoms. The van der Waals surface area contributed by atoms with Crippen molar-refractivity contribution in [2.75, 3.05) is 7.11 Å². The second-order valence-corrected chi connectivity index (χ2v) is 4.25. The van der Waals surface area contributed by atoms with Gasteiger partial charge in [0.2, 0.25) is 5.75 Å². The van der Waals surface area contributed by atoms with E-state index in [2.05, 4.69) is 4.98 Å². The fraction of sp³-hybridized carbons (Fsp3) is 0.154. The van der Waals surface area contributed by atoms with Gasteiger partial charge in [0.05, 0.1) is 12.0 Å². The summed E-state index contributed by atoms with van der Waals surface area (Å²) in [6.45, 7) is 0.149. The van der Waals surface area contributed by atoms with Crippen LogP contribution in [0.15, 0.2) is 36.5 Å². The van der Waals surface area contributed by atoms with Gasteiger partial charge in [-0.1, -0.05) is 11.6 Å². The molecule has 0 N–H and O–H groups in total. The Morgan fingerprint density at radius 1 is 1.35 bits per heavy atom. The van der Waals surface area contributed by atoms with Crippen LogP contribution in [0.1, 0.15) is 5.56 Å². The van der Waals surface area contributed by atoms with Crippen LogP contribution in [0, 0.1) is 10.1 Å². The first-order valence-corrected chi connectivity index (χ1v) is 6.03. The summed E-state index contributed by atoms with van der Waals surface area (Å²) in [7, 11) is 1.48. The summed E-state index contributed by atoms with van der Waals surface area (Å²) >= 11 is 5.76. The lowest BCUT2D eigenvalue weighted by atomic mass is 10.2. The van der Waals surface area contributed by atoms with Crippen LogP contribution in [0.5, 0.6) is 11.5 Å². The summed E-state index contributed by atoms with van der Waals surface area (Å²) in [5.74, 6) is 0.626. The predicted molar refractivity (Wildman–Crippen MR) is 73.2 cm³/mol. The highest BCUT2D eigenvalue weighted by atomic mass is 35.5. The first-order valence-electron chi connectivity index (χ1n) is 5.66. The van der Waals surface area contributed by atoms with E-state index in [-0.39, 0.29) is 18.0 Å². The molecule has 0 aliphatic heterocycles. The fourth-order valence-corrected chi connectivity index (χ4v) is 1.78. The van der Waals surface area contributed by atoms with E-state index in [0.717, 1.165) is 5.56 Å². The fourth-order valence-electron chi connectivity index (χ4n) is 1.58. The van der Waals surface area contributed by atoms with Gasteiger partial charge in [0.1, 0.15) is 17.5 Å². The molecule has 0 aliphatic rings. The largest absolute Gasteiger partial charge is 0.497 e. The molecule has 0 radical (unpaired) electrons. The third-order valence-corrected chi connectivity index (χ3v) is 2.76. The summed E-state index contributed by atoms with van der Waals surface area (Å²) in [6.07, 6.45) is 1.54. The summed E-state index contributed by atoms with van der Waals surface area (Å²) in [5, 5.41) is 11.3. The minimum absolute atomic E-state index is 0.119. The van der Waals surface area contributed by atoms with Crippen LogP contribution in [0.3, 0.4) is 0 Å². The molecule has 104 valence electrons. The van der Waals surface area contributed by atoms with Gasteiger partial charge < -0.3 is 9.47 Å². The number of benzene rings is 1. The molecule has 0 spiro atoms. The average molecular weight is 295 g/mol. The van der Waals surface area contributed by atoms with Crippen LogP contribution in [0.25, 0.3) is 0 Å². The number of aromatic nitrogens is 1. The molecule has 7 heteroatoms. The third-order valence-electron chi connectivity index (χ3n) is 2.55. The van der Waals surface area contributed by atoms with Crippen LogP contribution in [-0.2, 0) is 6.61 Å². The predicted octanol–water partition coefficient (Wildman–Crippen LogP) is 3.23. The number of hydrogen-bond donors (Lipinski definition) is 0. The molecule has 2 aromatic rings. The number of nitro groups is 1. The van der Waals surface area contributed by atoms with Crippen molar-refractivity contribution in [3.63, 3.8) is 0 Å². The van der Waals surface area contributed by atoms with Crippen molar-refractivity contribution in [1.82, 2.24) is 4.98 Å². The minimum Gasteiger partial charge on any atom is -0.497 e. The molecule has 1 heterocycles. The molecule has 0 saturated carbocycles. The number of rotatable bonds is 5. The van der Waals surface area contributed by atoms with Gasteiger partial charge in [0, 0.05) is 18.3 Å². The number of methoxy groups -OCH3 is 1. The topological polar surface area (TPSA) is 74.5 Å². The van der Waals surface area contributed by atoms with Gasteiger partial charge in [-0.3, -0.25) is 10.1 Å². The molecule has 1 aromatic heterocycles. The molecule has 0 amide bonds. The van der Waals surface area contributed by atoms with Gasteiger partial charge >= 0.3 is 5.69 Å². The van der Waals surface area contributed by atoms with Crippen molar-refractivity contribution in [3.8, 4) is 11.5 Å². The number of nitro benzene ring substituents is 1. The maximum absolute atomic E-state index is 10.9. The first-order chi connectivity index (χ1) is 9.60. The maximum atomic E-state index is 10.9. The number of pyridine rings is 1. The quantitative estimate of drug-likeness (QED) is 0.481. The van der Waals surface area contributed by atoms with E-state index in [0.29, 0.717) is 10.9 Å². The zero-order chi connectivity index (χ0) is 14.5. The van der Waals surface area contributed by atoms with Gasteiger partial charge in [0.25, 0.3) is 0 Å². The normalized spacial score (nSPS) is 10.1. The van der Waals surface area contributed by atoms with E-state index in [1.54, 1.807) is 18.3 Å². The van der Waals surface area contributed by atoms with Crippen LogP contribution in [0.2, 0.25) is 5.15 Å². The molecular formula is C13H11ClN2O4. The van der Waals surface area contributed by atoms with Gasteiger partial charge in [-0.25, -0.2) is 4.98 Å². The Hall–Kier alpha value is -2.34. The Bertz CT molecular complexity index is 634. The average Bonchev–Trinajstić information content (AvgIpc) is 2.44. The molecule has 6 nitrogen and oxygen atoms in total. The summed E-state index contributed by atoms with van der Waals surface area (Å²) in [6, 6.07) is 7.67. The first kappa shape index (κ1) is 14.1. The minimum atomic E-state index is -0.506. The number of halogens is 1. The Morgan fingerprint density at radius 3 is 2.80 bits per heavy atom. The molecule has 1 aromatic carbocycles. The molecule has 2 rings (SSSR count). The van der Waals surface area contributed by atoms with Crippen LogP contribution in [0.4, 0.5) is 5.69 Å². The Balaban J connectivity index is 2.21. The molecule has 0 unspecified atom stereocenters. The molecule has 0 fully saturated rings. The van der Waals surface area contributed by atoms with Crippen molar-refractivity contribution in [3.05, 3.63) is 57.4 Å². The van der Waals surface area contributed by atoms with Gasteiger partial charge in [0.15, 0.2) is 0 Å². The number of hydrogen-bond acceptors (Lipinski definition) is 5. The van der Waals surface area contributed by atoms with Crippen molar-refractivity contribution in [2.24, 2.45) is 0 Å². The lowest BCUT2D eigenvalue weighted by Gasteiger charge is -2.08. The van der Waals surface area contributed by atoms with E-state index >= 15 is 0 Å². The Kier molecular flexibility index (Phi) is 4.37. The molecule has 20 heavy (non-hydrogen) atoms. The summed E-state index contributed by atoms with van der Waals surface area (Å²) in [5.41, 5.74) is 0.646. The number of ether oxygens (including phenoxy) is 2. The maximum Gasteiger partial charge on any atom is 0.311 e. The van der Waals surface area contributed by atoms with Gasteiger partial charge in [-0.05, 0) is 23.8 Å². The zero-order valence-electron chi connectivity index (χ0n) is 10.6. The lowest BCUT2D eigenvalue weighted by Crippen LogP contribution is -2.00. The lowest BCUT2D eigenvalue weighted by molar-refractivity contribution is -0.386. The van der Waals surface area contributed by atoms with Gasteiger partial charge in [-0.2, -0.15) is 0 Å². The highest BCUT2D eigenvalue weighted by molar-refractivity contribution is 6.29. The SMILES string of the molecule is COc1ccc([N+](=O)[O-])c(OCc2ccnc(Cl)c2)c1. The highest BCUT2D eigenvalue weighted by Gasteiger charge is 2.16. The second kappa shape index (κ2) is 6.21. The van der Waals surface area contributed by atoms with E-state index in [1.807, 2.05) is 0 Å². The summed E-state index contributed by atoms with van der Waals surface area (Å²) < 4.78 is 10.5.